The predicted octanol–water partition coefficient (Wildman–Crippen LogP) is 3.52. The van der Waals surface area contributed by atoms with E-state index in [1.54, 1.807) is 12.3 Å². The summed E-state index contributed by atoms with van der Waals surface area (Å²) in [5.41, 5.74) is -0.412. The molecule has 1 heterocycles. The van der Waals surface area contributed by atoms with Crippen LogP contribution in [-0.4, -0.2) is 25.5 Å². The van der Waals surface area contributed by atoms with E-state index >= 15 is 0 Å². The number of nitrogens with one attached hydrogen (secondary N) is 2. The predicted molar refractivity (Wildman–Crippen MR) is 90.0 cm³/mol. The highest BCUT2D eigenvalue weighted by molar-refractivity contribution is 9.10. The van der Waals surface area contributed by atoms with Crippen molar-refractivity contribution in [1.29, 1.82) is 0 Å². The Morgan fingerprint density at radius 2 is 1.76 bits per heavy atom. The molecule has 1 aromatic rings. The summed E-state index contributed by atoms with van der Waals surface area (Å²) in [7, 11) is -3.63. The molecule has 2 N–H and O–H groups in total. The highest BCUT2D eigenvalue weighted by Crippen LogP contribution is 2.27. The second-order valence-electron chi connectivity index (χ2n) is 4.98. The Kier molecular flexibility index (Phi) is 6.62. The molecular formula is C14H24BrN3O2S. The lowest BCUT2D eigenvalue weighted by molar-refractivity contribution is 0.341. The van der Waals surface area contributed by atoms with Gasteiger partial charge in [-0.2, -0.15) is 0 Å². The summed E-state index contributed by atoms with van der Waals surface area (Å²) < 4.78 is 29.0. The minimum atomic E-state index is -3.63. The van der Waals surface area contributed by atoms with Crippen LogP contribution < -0.4 is 10.0 Å². The van der Waals surface area contributed by atoms with Crippen molar-refractivity contribution in [1.82, 2.24) is 9.71 Å². The summed E-state index contributed by atoms with van der Waals surface area (Å²) in [6.45, 7) is 8.51. The van der Waals surface area contributed by atoms with E-state index in [-0.39, 0.29) is 4.90 Å². The number of nitrogens with zero attached hydrogens (tertiary/aromatic N) is 1. The molecule has 0 radical (unpaired) electrons. The monoisotopic (exact) mass is 377 g/mol. The highest BCUT2D eigenvalue weighted by atomic mass is 79.9. The van der Waals surface area contributed by atoms with Gasteiger partial charge in [-0.1, -0.05) is 20.8 Å². The van der Waals surface area contributed by atoms with Crippen molar-refractivity contribution >= 4 is 31.8 Å². The van der Waals surface area contributed by atoms with E-state index in [0.29, 0.717) is 16.8 Å². The zero-order valence-electron chi connectivity index (χ0n) is 13.0. The van der Waals surface area contributed by atoms with Crippen LogP contribution in [0.2, 0.25) is 0 Å². The molecule has 0 bridgehead atoms. The summed E-state index contributed by atoms with van der Waals surface area (Å²) in [6.07, 6.45) is 3.83. The summed E-state index contributed by atoms with van der Waals surface area (Å²) in [6, 6.07) is 1.58. The first-order valence-electron chi connectivity index (χ1n) is 7.27. The molecule has 1 aromatic heterocycles. The quantitative estimate of drug-likeness (QED) is 0.726. The van der Waals surface area contributed by atoms with Gasteiger partial charge in [-0.25, -0.2) is 18.1 Å². The molecule has 120 valence electrons. The van der Waals surface area contributed by atoms with E-state index in [1.165, 1.54) is 0 Å². The van der Waals surface area contributed by atoms with Crippen molar-refractivity contribution in [2.45, 2.75) is 57.4 Å². The maximum Gasteiger partial charge on any atom is 0.244 e. The molecule has 0 saturated carbocycles. The lowest BCUT2D eigenvalue weighted by Crippen LogP contribution is -2.47. The van der Waals surface area contributed by atoms with Gasteiger partial charge in [0.2, 0.25) is 10.0 Å². The third-order valence-corrected chi connectivity index (χ3v) is 5.86. The van der Waals surface area contributed by atoms with Crippen LogP contribution in [0.5, 0.6) is 0 Å². The summed E-state index contributed by atoms with van der Waals surface area (Å²) >= 11 is 3.29. The molecule has 0 unspecified atom stereocenters. The Bertz CT molecular complexity index is 563. The fourth-order valence-corrected chi connectivity index (χ4v) is 4.49. The van der Waals surface area contributed by atoms with Gasteiger partial charge in [0.25, 0.3) is 0 Å². The van der Waals surface area contributed by atoms with Gasteiger partial charge >= 0.3 is 0 Å². The number of sulfonamides is 1. The first-order valence-corrected chi connectivity index (χ1v) is 9.55. The number of hydrogen-bond donors (Lipinski definition) is 2. The summed E-state index contributed by atoms with van der Waals surface area (Å²) in [5, 5.41) is 3.00. The van der Waals surface area contributed by atoms with Crippen LogP contribution in [0.1, 0.15) is 47.0 Å². The smallest absolute Gasteiger partial charge is 0.244 e. The van der Waals surface area contributed by atoms with Crippen LogP contribution in [0.3, 0.4) is 0 Å². The maximum absolute atomic E-state index is 12.8. The van der Waals surface area contributed by atoms with Crippen molar-refractivity contribution in [2.75, 3.05) is 11.9 Å². The number of halogens is 1. The second-order valence-corrected chi connectivity index (χ2v) is 7.54. The lowest BCUT2D eigenvalue weighted by atomic mass is 9.91. The maximum atomic E-state index is 12.8. The zero-order chi connectivity index (χ0) is 16.1. The molecule has 0 fully saturated rings. The van der Waals surface area contributed by atoms with E-state index in [4.69, 9.17) is 0 Å². The second kappa shape index (κ2) is 7.56. The van der Waals surface area contributed by atoms with Gasteiger partial charge in [-0.05, 0) is 48.2 Å². The van der Waals surface area contributed by atoms with E-state index in [9.17, 15) is 8.42 Å². The van der Waals surface area contributed by atoms with Crippen LogP contribution in [0, 0.1) is 0 Å². The Labute approximate surface area is 136 Å². The standard InChI is InChI=1S/C14H24BrN3O2S/c1-5-14(6-2,7-3)18-21(19,20)12-9-11(15)10-17-13(12)16-8-4/h9-10,18H,5-8H2,1-4H3,(H,16,17). The third-order valence-electron chi connectivity index (χ3n) is 3.83. The van der Waals surface area contributed by atoms with Crippen LogP contribution in [0.25, 0.3) is 0 Å². The van der Waals surface area contributed by atoms with Gasteiger partial charge in [0.05, 0.1) is 0 Å². The molecule has 0 aliphatic heterocycles. The average molecular weight is 378 g/mol. The summed E-state index contributed by atoms with van der Waals surface area (Å²) in [4.78, 5) is 4.34. The van der Waals surface area contributed by atoms with Gasteiger partial charge in [-0.3, -0.25) is 0 Å². The number of anilines is 1. The van der Waals surface area contributed by atoms with Crippen molar-refractivity contribution in [3.63, 3.8) is 0 Å². The average Bonchev–Trinajstić information content (AvgIpc) is 2.47. The lowest BCUT2D eigenvalue weighted by Gasteiger charge is -2.31. The molecular weight excluding hydrogens is 354 g/mol. The Morgan fingerprint density at radius 3 is 2.24 bits per heavy atom. The molecule has 5 nitrogen and oxygen atoms in total. The first-order chi connectivity index (χ1) is 9.84. The third kappa shape index (κ3) is 4.40. The Hall–Kier alpha value is -0.660. The van der Waals surface area contributed by atoms with Gasteiger partial charge in [0.15, 0.2) is 0 Å². The van der Waals surface area contributed by atoms with Crippen LogP contribution >= 0.6 is 15.9 Å². The van der Waals surface area contributed by atoms with Crippen molar-refractivity contribution in [3.05, 3.63) is 16.7 Å². The minimum absolute atomic E-state index is 0.179. The minimum Gasteiger partial charge on any atom is -0.369 e. The first kappa shape index (κ1) is 18.4. The molecule has 0 atom stereocenters. The normalized spacial score (nSPS) is 12.4. The molecule has 0 aliphatic rings. The van der Waals surface area contributed by atoms with Gasteiger partial charge in [-0.15, -0.1) is 0 Å². The van der Waals surface area contributed by atoms with Crippen LogP contribution in [0.15, 0.2) is 21.6 Å². The Balaban J connectivity index is 3.27. The summed E-state index contributed by atoms with van der Waals surface area (Å²) in [5.74, 6) is 0.380. The fourth-order valence-electron chi connectivity index (χ4n) is 2.23. The number of hydrogen-bond acceptors (Lipinski definition) is 4. The Morgan fingerprint density at radius 1 is 1.19 bits per heavy atom. The fraction of sp³-hybridized carbons (Fsp3) is 0.643. The molecule has 0 amide bonds. The number of aromatic nitrogens is 1. The molecule has 21 heavy (non-hydrogen) atoms. The molecule has 0 aromatic carbocycles. The molecule has 0 saturated heterocycles. The zero-order valence-corrected chi connectivity index (χ0v) is 15.4. The van der Waals surface area contributed by atoms with Crippen molar-refractivity contribution in [2.24, 2.45) is 0 Å². The number of rotatable bonds is 8. The van der Waals surface area contributed by atoms with Gasteiger partial charge in [0, 0.05) is 22.8 Å². The van der Waals surface area contributed by atoms with E-state index in [2.05, 4.69) is 31.0 Å². The van der Waals surface area contributed by atoms with Crippen molar-refractivity contribution < 1.29 is 8.42 Å². The molecule has 1 rings (SSSR count). The van der Waals surface area contributed by atoms with Gasteiger partial charge < -0.3 is 5.32 Å². The largest absolute Gasteiger partial charge is 0.369 e. The topological polar surface area (TPSA) is 71.1 Å². The van der Waals surface area contributed by atoms with E-state index in [1.807, 2.05) is 27.7 Å². The van der Waals surface area contributed by atoms with Crippen LogP contribution in [-0.2, 0) is 10.0 Å². The van der Waals surface area contributed by atoms with E-state index < -0.39 is 15.6 Å². The molecule has 0 spiro atoms. The van der Waals surface area contributed by atoms with E-state index in [0.717, 1.165) is 19.3 Å². The van der Waals surface area contributed by atoms with Gasteiger partial charge in [0.1, 0.15) is 10.7 Å². The molecule has 0 aliphatic carbocycles. The number of pyridine rings is 1. The van der Waals surface area contributed by atoms with Crippen molar-refractivity contribution in [3.8, 4) is 0 Å². The van der Waals surface area contributed by atoms with Crippen LogP contribution in [0.4, 0.5) is 5.82 Å². The highest BCUT2D eigenvalue weighted by Gasteiger charge is 2.32. The molecule has 7 heteroatoms. The SMILES string of the molecule is CCNc1ncc(Br)cc1S(=O)(=O)NC(CC)(CC)CC.